The Balaban J connectivity index is 0.00000363. The van der Waals surface area contributed by atoms with Crippen molar-refractivity contribution in [2.24, 2.45) is 5.41 Å². The van der Waals surface area contributed by atoms with Crippen molar-refractivity contribution >= 4 is 5.97 Å². The third-order valence-electron chi connectivity index (χ3n) is 7.70. The van der Waals surface area contributed by atoms with Crippen molar-refractivity contribution in [1.82, 2.24) is 0 Å². The molecule has 0 aromatic heterocycles. The molecule has 3 nitrogen and oxygen atoms in total. The topological polar surface area (TPSA) is 46.5 Å². The molecule has 0 heterocycles. The van der Waals surface area contributed by atoms with E-state index in [1.54, 1.807) is 0 Å². The third-order valence-corrected chi connectivity index (χ3v) is 7.70. The first-order chi connectivity index (χ1) is 19.0. The highest BCUT2D eigenvalue weighted by Gasteiger charge is 2.31. The van der Waals surface area contributed by atoms with Crippen molar-refractivity contribution in [1.29, 1.82) is 0 Å². The van der Waals surface area contributed by atoms with E-state index in [0.717, 1.165) is 37.7 Å². The third kappa shape index (κ3) is 10.8. The fraction of sp³-hybridized carbons (Fsp3) is 0.595. The molecule has 2 rings (SSSR count). The highest BCUT2D eigenvalue weighted by atomic mass is 16.5. The zero-order valence-corrected chi connectivity index (χ0v) is 27.8. The largest absolute Gasteiger partial charge is 0.469 e. The lowest BCUT2D eigenvalue weighted by Gasteiger charge is -2.34. The summed E-state index contributed by atoms with van der Waals surface area (Å²) in [6.07, 6.45) is 5.21. The highest BCUT2D eigenvalue weighted by molar-refractivity contribution is 5.69. The maximum absolute atomic E-state index is 11.3. The second kappa shape index (κ2) is 18.7. The van der Waals surface area contributed by atoms with Gasteiger partial charge in [0.2, 0.25) is 0 Å². The molecule has 2 aromatic rings. The molecule has 0 bridgehead atoms. The Bertz CT molecular complexity index is 1070. The molecule has 3 heteroatoms. The molecule has 0 spiro atoms. The first-order valence-corrected chi connectivity index (χ1v) is 15.4. The summed E-state index contributed by atoms with van der Waals surface area (Å²) >= 11 is 0. The lowest BCUT2D eigenvalue weighted by Crippen LogP contribution is -2.27. The van der Waals surface area contributed by atoms with Gasteiger partial charge in [0.05, 0.1) is 13.2 Å². The molecule has 2 aromatic carbocycles. The van der Waals surface area contributed by atoms with Gasteiger partial charge in [0.1, 0.15) is 0 Å². The molecule has 0 aliphatic carbocycles. The van der Waals surface area contributed by atoms with Crippen LogP contribution in [0.25, 0.3) is 0 Å². The minimum atomic E-state index is -0.306. The van der Waals surface area contributed by atoms with Gasteiger partial charge in [-0.05, 0) is 85.3 Å². The monoisotopic (exact) mass is 550 g/mol. The molecule has 0 radical (unpaired) electrons. The van der Waals surface area contributed by atoms with Crippen LogP contribution in [0.5, 0.6) is 0 Å². The molecule has 0 fully saturated rings. The van der Waals surface area contributed by atoms with Crippen LogP contribution < -0.4 is 0 Å². The Labute approximate surface area is 247 Å². The number of hydrogen-bond acceptors (Lipinski definition) is 3. The van der Waals surface area contributed by atoms with E-state index < -0.39 is 0 Å². The van der Waals surface area contributed by atoms with Crippen molar-refractivity contribution < 1.29 is 14.6 Å². The standard InChI is InChI=1S/C33H46O3.2C2H6/c1-9-33(10-2,29-20-17-27(25(4)23-29)18-21-30(34)32(5,6)7)28-19-16-26(24(3)22-28)14-12-11-13-15-31(35)36-8;2*1-2/h16-17,19-20,22-23,30,34H,9-11,13,15,18,21H2,1-8H3;2*1-2H3. The molecule has 0 amide bonds. The average molecular weight is 551 g/mol. The normalized spacial score (nSPS) is 11.6. The van der Waals surface area contributed by atoms with Crippen LogP contribution in [0, 0.1) is 31.1 Å². The number of ether oxygens (including phenoxy) is 1. The van der Waals surface area contributed by atoms with Crippen LogP contribution in [0.3, 0.4) is 0 Å². The molecule has 0 aliphatic heterocycles. The Morgan fingerprint density at radius 2 is 1.48 bits per heavy atom. The van der Waals surface area contributed by atoms with Crippen LogP contribution in [-0.2, 0) is 21.4 Å². The maximum atomic E-state index is 11.3. The zero-order valence-electron chi connectivity index (χ0n) is 27.8. The van der Waals surface area contributed by atoms with Gasteiger partial charge in [-0.3, -0.25) is 4.79 Å². The number of aliphatic hydroxyl groups is 1. The number of rotatable bonds is 10. The number of carbonyl (C=O) groups excluding carboxylic acids is 1. The molecule has 40 heavy (non-hydrogen) atoms. The van der Waals surface area contributed by atoms with Crippen LogP contribution in [0.4, 0.5) is 0 Å². The summed E-state index contributed by atoms with van der Waals surface area (Å²) in [4.78, 5) is 11.3. The smallest absolute Gasteiger partial charge is 0.305 e. The lowest BCUT2D eigenvalue weighted by molar-refractivity contribution is -0.140. The molecule has 1 unspecified atom stereocenters. The van der Waals surface area contributed by atoms with Crippen LogP contribution in [0.1, 0.15) is 134 Å². The van der Waals surface area contributed by atoms with Crippen molar-refractivity contribution in [3.63, 3.8) is 0 Å². The molecular formula is C37H58O3. The Hall–Kier alpha value is -2.57. The molecular weight excluding hydrogens is 492 g/mol. The van der Waals surface area contributed by atoms with Crippen LogP contribution in [-0.4, -0.2) is 24.3 Å². The van der Waals surface area contributed by atoms with E-state index in [1.807, 2.05) is 27.7 Å². The number of aryl methyl sites for hydroxylation is 3. The van der Waals surface area contributed by atoms with E-state index in [-0.39, 0.29) is 22.9 Å². The lowest BCUT2D eigenvalue weighted by atomic mass is 9.69. The van der Waals surface area contributed by atoms with Gasteiger partial charge in [-0.15, -0.1) is 0 Å². The van der Waals surface area contributed by atoms with Gasteiger partial charge in [-0.1, -0.05) is 104 Å². The molecule has 224 valence electrons. The summed E-state index contributed by atoms with van der Waals surface area (Å²) in [5, 5.41) is 10.5. The first-order valence-electron chi connectivity index (χ1n) is 15.4. The van der Waals surface area contributed by atoms with E-state index >= 15 is 0 Å². The van der Waals surface area contributed by atoms with Gasteiger partial charge in [-0.25, -0.2) is 0 Å². The molecule has 0 saturated carbocycles. The summed E-state index contributed by atoms with van der Waals surface area (Å²) in [6, 6.07) is 13.6. The van der Waals surface area contributed by atoms with Crippen molar-refractivity contribution in [2.45, 2.75) is 133 Å². The first kappa shape index (κ1) is 37.4. The van der Waals surface area contributed by atoms with E-state index in [2.05, 4.69) is 101 Å². The van der Waals surface area contributed by atoms with Crippen LogP contribution in [0.15, 0.2) is 36.4 Å². The quantitative estimate of drug-likeness (QED) is 0.182. The summed E-state index contributed by atoms with van der Waals surface area (Å²) < 4.78 is 4.69. The Kier molecular flexibility index (Phi) is 17.5. The minimum absolute atomic E-state index is 0.0502. The van der Waals surface area contributed by atoms with E-state index in [9.17, 15) is 9.90 Å². The van der Waals surface area contributed by atoms with Crippen molar-refractivity contribution in [3.05, 3.63) is 69.8 Å². The average Bonchev–Trinajstić information content (AvgIpc) is 2.95. The minimum Gasteiger partial charge on any atom is -0.469 e. The number of carbonyl (C=O) groups is 1. The second-order valence-corrected chi connectivity index (χ2v) is 11.1. The van der Waals surface area contributed by atoms with E-state index in [0.29, 0.717) is 12.8 Å². The van der Waals surface area contributed by atoms with Crippen molar-refractivity contribution in [2.75, 3.05) is 7.11 Å². The van der Waals surface area contributed by atoms with E-state index in [1.165, 1.54) is 34.9 Å². The van der Waals surface area contributed by atoms with E-state index in [4.69, 9.17) is 0 Å². The molecule has 0 aliphatic rings. The predicted molar refractivity (Wildman–Crippen MR) is 173 cm³/mol. The van der Waals surface area contributed by atoms with Gasteiger partial charge in [0.15, 0.2) is 0 Å². The van der Waals surface area contributed by atoms with Gasteiger partial charge in [0, 0.05) is 23.8 Å². The van der Waals surface area contributed by atoms with Gasteiger partial charge >= 0.3 is 5.97 Å². The van der Waals surface area contributed by atoms with Gasteiger partial charge < -0.3 is 9.84 Å². The summed E-state index contributed by atoms with van der Waals surface area (Å²) in [7, 11) is 1.42. The number of methoxy groups -OCH3 is 1. The second-order valence-electron chi connectivity index (χ2n) is 11.1. The zero-order chi connectivity index (χ0) is 30.9. The van der Waals surface area contributed by atoms with Gasteiger partial charge in [-0.2, -0.15) is 0 Å². The van der Waals surface area contributed by atoms with Crippen LogP contribution >= 0.6 is 0 Å². The maximum Gasteiger partial charge on any atom is 0.305 e. The summed E-state index contributed by atoms with van der Waals surface area (Å²) in [5.74, 6) is 6.31. The molecule has 1 N–H and O–H groups in total. The predicted octanol–water partition coefficient (Wildman–Crippen LogP) is 9.50. The number of unbranched alkanes of at least 4 members (excludes halogenated alkanes) is 1. The van der Waals surface area contributed by atoms with Gasteiger partial charge in [0.25, 0.3) is 0 Å². The Morgan fingerprint density at radius 1 is 0.925 bits per heavy atom. The molecule has 1 atom stereocenters. The summed E-state index contributed by atoms with van der Waals surface area (Å²) in [6.45, 7) is 23.2. The number of esters is 1. The van der Waals surface area contributed by atoms with Crippen molar-refractivity contribution in [3.8, 4) is 11.8 Å². The highest BCUT2D eigenvalue weighted by Crippen LogP contribution is 2.40. The summed E-state index contributed by atoms with van der Waals surface area (Å²) in [5.41, 5.74) is 7.38. The molecule has 0 saturated heterocycles. The number of benzene rings is 2. The number of aliphatic hydroxyl groups excluding tert-OH is 1. The SMILES string of the molecule is CC.CC.CCC(CC)(c1ccc(C#CCCCC(=O)OC)c(C)c1)c1ccc(CCC(O)C(C)(C)C)c(C)c1. The Morgan fingerprint density at radius 3 is 1.95 bits per heavy atom. The van der Waals surface area contributed by atoms with Crippen LogP contribution in [0.2, 0.25) is 0 Å². The fourth-order valence-corrected chi connectivity index (χ4v) is 4.91. The fourth-order valence-electron chi connectivity index (χ4n) is 4.91. The number of hydrogen-bond donors (Lipinski definition) is 1.